The molecular weight excluding hydrogens is 196 g/mol. The molecule has 1 fully saturated rings. The van der Waals surface area contributed by atoms with Crippen molar-refractivity contribution in [3.05, 3.63) is 0 Å². The molecule has 0 radical (unpaired) electrons. The largest absolute Gasteiger partial charge is 0.324 e. The third-order valence-electron chi connectivity index (χ3n) is 3.75. The zero-order chi connectivity index (χ0) is 12.0. The van der Waals surface area contributed by atoms with Crippen molar-refractivity contribution in [2.45, 2.75) is 64.3 Å². The summed E-state index contributed by atoms with van der Waals surface area (Å²) in [6.45, 7) is 6.69. The first-order valence-electron chi connectivity index (χ1n) is 7.01. The van der Waals surface area contributed by atoms with Crippen LogP contribution in [0.1, 0.15) is 58.8 Å². The second-order valence-electron chi connectivity index (χ2n) is 6.10. The lowest BCUT2D eigenvalue weighted by molar-refractivity contribution is 0.193. The Bertz CT molecular complexity index is 183. The monoisotopic (exact) mass is 226 g/mol. The average Bonchev–Trinajstić information content (AvgIpc) is 2.17. The summed E-state index contributed by atoms with van der Waals surface area (Å²) in [7, 11) is 2.23. The van der Waals surface area contributed by atoms with E-state index in [4.69, 9.17) is 5.73 Å². The lowest BCUT2D eigenvalue weighted by Crippen LogP contribution is -2.47. The van der Waals surface area contributed by atoms with Crippen LogP contribution >= 0.6 is 0 Å². The fourth-order valence-electron chi connectivity index (χ4n) is 3.14. The number of hydrogen-bond donors (Lipinski definition) is 1. The summed E-state index contributed by atoms with van der Waals surface area (Å²) < 4.78 is 0. The minimum Gasteiger partial charge on any atom is -0.324 e. The van der Waals surface area contributed by atoms with Gasteiger partial charge in [0, 0.05) is 18.6 Å². The first kappa shape index (κ1) is 14.0. The molecule has 1 unspecified atom stereocenters. The van der Waals surface area contributed by atoms with Gasteiger partial charge in [0.15, 0.2) is 0 Å². The van der Waals surface area contributed by atoms with E-state index in [1.165, 1.54) is 45.1 Å². The van der Waals surface area contributed by atoms with Crippen molar-refractivity contribution in [2.75, 3.05) is 20.1 Å². The van der Waals surface area contributed by atoms with Crippen LogP contribution in [0.2, 0.25) is 0 Å². The Morgan fingerprint density at radius 2 is 1.88 bits per heavy atom. The van der Waals surface area contributed by atoms with Crippen molar-refractivity contribution in [3.8, 4) is 0 Å². The summed E-state index contributed by atoms with van der Waals surface area (Å²) in [5.41, 5.74) is 6.29. The molecule has 1 aliphatic rings. The second kappa shape index (κ2) is 6.61. The van der Waals surface area contributed by atoms with E-state index in [0.717, 1.165) is 18.9 Å². The normalized spacial score (nSPS) is 22.3. The molecule has 0 aromatic heterocycles. The molecule has 2 heteroatoms. The molecule has 0 aromatic rings. The first-order valence-corrected chi connectivity index (χ1v) is 7.01. The van der Waals surface area contributed by atoms with Gasteiger partial charge in [0.1, 0.15) is 0 Å². The number of nitrogens with two attached hydrogens (primary N) is 1. The lowest BCUT2D eigenvalue weighted by atomic mass is 9.88. The highest BCUT2D eigenvalue weighted by Crippen LogP contribution is 2.24. The molecule has 1 rings (SSSR count). The van der Waals surface area contributed by atoms with Crippen LogP contribution in [-0.2, 0) is 0 Å². The van der Waals surface area contributed by atoms with Crippen LogP contribution in [0.4, 0.5) is 0 Å². The summed E-state index contributed by atoms with van der Waals surface area (Å²) in [6.07, 6.45) is 9.50. The van der Waals surface area contributed by atoms with E-state index < -0.39 is 0 Å². The van der Waals surface area contributed by atoms with Crippen molar-refractivity contribution >= 4 is 0 Å². The van der Waals surface area contributed by atoms with Gasteiger partial charge in [-0.25, -0.2) is 0 Å². The maximum Gasteiger partial charge on any atom is 0.0254 e. The summed E-state index contributed by atoms with van der Waals surface area (Å²) in [4.78, 5) is 2.45. The van der Waals surface area contributed by atoms with Crippen molar-refractivity contribution < 1.29 is 0 Å². The van der Waals surface area contributed by atoms with Crippen LogP contribution in [0.3, 0.4) is 0 Å². The van der Waals surface area contributed by atoms with E-state index in [9.17, 15) is 0 Å². The van der Waals surface area contributed by atoms with Crippen LogP contribution in [0, 0.1) is 5.92 Å². The van der Waals surface area contributed by atoms with Gasteiger partial charge in [-0.1, -0.05) is 32.6 Å². The van der Waals surface area contributed by atoms with E-state index in [1.807, 2.05) is 0 Å². The Morgan fingerprint density at radius 3 is 2.44 bits per heavy atom. The van der Waals surface area contributed by atoms with Gasteiger partial charge in [-0.3, -0.25) is 0 Å². The number of likely N-dealkylation sites (N-methyl/N-ethyl adjacent to an activating group) is 1. The Labute approximate surface area is 102 Å². The minimum atomic E-state index is -0.00182. The van der Waals surface area contributed by atoms with Gasteiger partial charge in [-0.2, -0.15) is 0 Å². The maximum absolute atomic E-state index is 6.29. The Morgan fingerprint density at radius 1 is 1.25 bits per heavy atom. The van der Waals surface area contributed by atoms with Crippen LogP contribution in [-0.4, -0.2) is 30.6 Å². The van der Waals surface area contributed by atoms with E-state index in [-0.39, 0.29) is 5.54 Å². The number of rotatable bonds is 6. The van der Waals surface area contributed by atoms with Crippen molar-refractivity contribution in [3.63, 3.8) is 0 Å². The predicted octanol–water partition coefficient (Wildman–Crippen LogP) is 3.02. The fraction of sp³-hybridized carbons (Fsp3) is 1.00. The van der Waals surface area contributed by atoms with E-state index >= 15 is 0 Å². The Kier molecular flexibility index (Phi) is 5.77. The highest BCUT2D eigenvalue weighted by molar-refractivity contribution is 4.82. The summed E-state index contributed by atoms with van der Waals surface area (Å²) >= 11 is 0. The van der Waals surface area contributed by atoms with Gasteiger partial charge in [-0.05, 0) is 39.2 Å². The van der Waals surface area contributed by atoms with Crippen LogP contribution < -0.4 is 5.73 Å². The highest BCUT2D eigenvalue weighted by Gasteiger charge is 2.22. The lowest BCUT2D eigenvalue weighted by Gasteiger charge is -2.33. The molecule has 0 bridgehead atoms. The average molecular weight is 226 g/mol. The van der Waals surface area contributed by atoms with Crippen LogP contribution in [0.15, 0.2) is 0 Å². The molecule has 96 valence electrons. The second-order valence-corrected chi connectivity index (χ2v) is 6.10. The van der Waals surface area contributed by atoms with E-state index in [2.05, 4.69) is 25.8 Å². The van der Waals surface area contributed by atoms with Gasteiger partial charge in [0.05, 0.1) is 0 Å². The van der Waals surface area contributed by atoms with Crippen LogP contribution in [0.25, 0.3) is 0 Å². The third kappa shape index (κ3) is 5.31. The Balaban J connectivity index is 2.25. The minimum absolute atomic E-state index is 0.00182. The number of nitrogens with zero attached hydrogens (tertiary/aromatic N) is 1. The SMILES string of the molecule is CCCC(C)(N)CN(C)CC1CCCCC1. The first-order chi connectivity index (χ1) is 7.53. The molecular formula is C14H30N2. The molecule has 0 amide bonds. The van der Waals surface area contributed by atoms with E-state index in [1.54, 1.807) is 0 Å². The predicted molar refractivity (Wildman–Crippen MR) is 71.6 cm³/mol. The molecule has 0 aromatic carbocycles. The van der Waals surface area contributed by atoms with Gasteiger partial charge < -0.3 is 10.6 Å². The highest BCUT2D eigenvalue weighted by atomic mass is 15.1. The molecule has 1 atom stereocenters. The Hall–Kier alpha value is -0.0800. The third-order valence-corrected chi connectivity index (χ3v) is 3.75. The molecule has 0 aliphatic heterocycles. The molecule has 0 saturated heterocycles. The van der Waals surface area contributed by atoms with E-state index in [0.29, 0.717) is 0 Å². The van der Waals surface area contributed by atoms with Crippen molar-refractivity contribution in [2.24, 2.45) is 11.7 Å². The van der Waals surface area contributed by atoms with Gasteiger partial charge in [0.25, 0.3) is 0 Å². The molecule has 0 heterocycles. The number of hydrogen-bond acceptors (Lipinski definition) is 2. The standard InChI is InChI=1S/C14H30N2/c1-4-10-14(2,15)12-16(3)11-13-8-6-5-7-9-13/h13H,4-12,15H2,1-3H3. The summed E-state index contributed by atoms with van der Waals surface area (Å²) in [5.74, 6) is 0.927. The smallest absolute Gasteiger partial charge is 0.0254 e. The topological polar surface area (TPSA) is 29.3 Å². The van der Waals surface area contributed by atoms with Crippen molar-refractivity contribution in [1.29, 1.82) is 0 Å². The molecule has 2 N–H and O–H groups in total. The summed E-state index contributed by atoms with van der Waals surface area (Å²) in [6, 6.07) is 0. The molecule has 0 spiro atoms. The molecule has 16 heavy (non-hydrogen) atoms. The molecule has 2 nitrogen and oxygen atoms in total. The van der Waals surface area contributed by atoms with Gasteiger partial charge in [-0.15, -0.1) is 0 Å². The fourth-order valence-corrected chi connectivity index (χ4v) is 3.14. The van der Waals surface area contributed by atoms with Gasteiger partial charge in [0.2, 0.25) is 0 Å². The van der Waals surface area contributed by atoms with Crippen molar-refractivity contribution in [1.82, 2.24) is 4.90 Å². The molecule has 1 saturated carbocycles. The summed E-state index contributed by atoms with van der Waals surface area (Å²) in [5, 5.41) is 0. The molecule has 1 aliphatic carbocycles. The van der Waals surface area contributed by atoms with Gasteiger partial charge >= 0.3 is 0 Å². The quantitative estimate of drug-likeness (QED) is 0.754. The zero-order valence-corrected chi connectivity index (χ0v) is 11.5. The van der Waals surface area contributed by atoms with Crippen LogP contribution in [0.5, 0.6) is 0 Å². The zero-order valence-electron chi connectivity index (χ0n) is 11.5. The maximum atomic E-state index is 6.29.